The van der Waals surface area contributed by atoms with Crippen molar-refractivity contribution in [3.8, 4) is 11.3 Å². The van der Waals surface area contributed by atoms with Crippen LogP contribution in [0.5, 0.6) is 0 Å². The summed E-state index contributed by atoms with van der Waals surface area (Å²) in [6, 6.07) is 11.0. The van der Waals surface area contributed by atoms with Crippen LogP contribution in [0, 0.1) is 0 Å². The summed E-state index contributed by atoms with van der Waals surface area (Å²) in [7, 11) is 0. The molecule has 0 unspecified atom stereocenters. The second kappa shape index (κ2) is 9.49. The summed E-state index contributed by atoms with van der Waals surface area (Å²) in [6.07, 6.45) is -4.53. The predicted molar refractivity (Wildman–Crippen MR) is 101 cm³/mol. The highest BCUT2D eigenvalue weighted by atomic mass is 35.5. The molecule has 0 aliphatic carbocycles. The third kappa shape index (κ3) is 6.93. The van der Waals surface area contributed by atoms with E-state index >= 15 is 0 Å². The molecule has 3 aromatic rings. The first-order valence-electron chi connectivity index (χ1n) is 7.87. The summed E-state index contributed by atoms with van der Waals surface area (Å²) in [5.41, 5.74) is -0.449. The average molecular weight is 451 g/mol. The molecule has 29 heavy (non-hydrogen) atoms. The number of hydrogen-bond donors (Lipinski definition) is 0. The fourth-order valence-corrected chi connectivity index (χ4v) is 2.69. The zero-order valence-electron chi connectivity index (χ0n) is 14.7. The van der Waals surface area contributed by atoms with Gasteiger partial charge in [-0.2, -0.15) is 26.3 Å². The number of aromatic nitrogens is 2. The Bertz CT molecular complexity index is 942. The lowest BCUT2D eigenvalue weighted by Crippen LogP contribution is -2.05. The minimum absolute atomic E-state index is 0.153. The van der Waals surface area contributed by atoms with Crippen molar-refractivity contribution in [2.75, 3.05) is 6.26 Å². The molecule has 0 N–H and O–H groups in total. The summed E-state index contributed by atoms with van der Waals surface area (Å²) in [6.45, 7) is 0. The van der Waals surface area contributed by atoms with Gasteiger partial charge in [0.1, 0.15) is 5.15 Å². The first-order chi connectivity index (χ1) is 13.5. The Morgan fingerprint density at radius 3 is 1.72 bits per heavy atom. The van der Waals surface area contributed by atoms with Crippen molar-refractivity contribution in [3.05, 3.63) is 77.2 Å². The molecule has 2 nitrogen and oxygen atoms in total. The Labute approximate surface area is 172 Å². The van der Waals surface area contributed by atoms with E-state index in [9.17, 15) is 26.3 Å². The van der Waals surface area contributed by atoms with Gasteiger partial charge in [0.05, 0.1) is 16.8 Å². The van der Waals surface area contributed by atoms with Crippen molar-refractivity contribution in [3.63, 3.8) is 0 Å². The van der Waals surface area contributed by atoms with Crippen LogP contribution in [0.1, 0.15) is 11.1 Å². The highest BCUT2D eigenvalue weighted by Gasteiger charge is 2.31. The van der Waals surface area contributed by atoms with Crippen LogP contribution in [0.25, 0.3) is 11.3 Å². The number of halogens is 7. The molecule has 0 saturated carbocycles. The zero-order chi connectivity index (χ0) is 21.7. The number of benzene rings is 1. The molecule has 0 aliphatic rings. The average Bonchev–Trinajstić information content (AvgIpc) is 2.67. The van der Waals surface area contributed by atoms with Crippen LogP contribution >= 0.6 is 23.4 Å². The number of thioether (sulfide) groups is 1. The Morgan fingerprint density at radius 2 is 1.28 bits per heavy atom. The number of nitrogens with zero attached hydrogens (tertiary/aromatic N) is 2. The molecule has 0 amide bonds. The van der Waals surface area contributed by atoms with Gasteiger partial charge in [-0.3, -0.25) is 4.98 Å². The molecule has 1 aromatic carbocycles. The topological polar surface area (TPSA) is 25.8 Å². The van der Waals surface area contributed by atoms with Crippen LogP contribution in [0.4, 0.5) is 26.3 Å². The summed E-state index contributed by atoms with van der Waals surface area (Å²) < 4.78 is 73.4. The van der Waals surface area contributed by atoms with Gasteiger partial charge in [0.25, 0.3) is 0 Å². The Morgan fingerprint density at radius 1 is 0.759 bits per heavy atom. The molecule has 0 aliphatic heterocycles. The fourth-order valence-electron chi connectivity index (χ4n) is 2.11. The third-order valence-electron chi connectivity index (χ3n) is 3.53. The molecule has 2 aromatic heterocycles. The molecular weight excluding hydrogens is 438 g/mol. The molecule has 0 fully saturated rings. The van der Waals surface area contributed by atoms with E-state index in [1.165, 1.54) is 6.20 Å². The van der Waals surface area contributed by atoms with Crippen molar-refractivity contribution in [1.29, 1.82) is 0 Å². The van der Waals surface area contributed by atoms with E-state index < -0.39 is 23.5 Å². The molecule has 0 saturated heterocycles. The quantitative estimate of drug-likeness (QED) is 0.234. The summed E-state index contributed by atoms with van der Waals surface area (Å²) in [5, 5.41) is -0.153. The van der Waals surface area contributed by atoms with Crippen LogP contribution in [-0.4, -0.2) is 16.2 Å². The maximum atomic E-state index is 12.6. The normalized spacial score (nSPS) is 11.6. The van der Waals surface area contributed by atoms with Gasteiger partial charge < -0.3 is 0 Å². The number of hydrogen-bond acceptors (Lipinski definition) is 3. The Balaban J connectivity index is 0.000000234. The molecule has 2 heterocycles. The van der Waals surface area contributed by atoms with Gasteiger partial charge >= 0.3 is 12.4 Å². The minimum Gasteiger partial charge on any atom is -0.256 e. The molecule has 154 valence electrons. The molecule has 0 bridgehead atoms. The number of rotatable bonds is 2. The highest BCUT2D eigenvalue weighted by molar-refractivity contribution is 7.98. The van der Waals surface area contributed by atoms with E-state index in [4.69, 9.17) is 11.6 Å². The van der Waals surface area contributed by atoms with Gasteiger partial charge in [-0.25, -0.2) is 4.98 Å². The molecule has 0 radical (unpaired) electrons. The monoisotopic (exact) mass is 450 g/mol. The smallest absolute Gasteiger partial charge is 0.256 e. The lowest BCUT2D eigenvalue weighted by atomic mass is 10.1. The summed E-state index contributed by atoms with van der Waals surface area (Å²) >= 11 is 6.82. The van der Waals surface area contributed by atoms with Gasteiger partial charge in [-0.15, -0.1) is 11.8 Å². The van der Waals surface area contributed by atoms with E-state index in [-0.39, 0.29) is 5.15 Å². The summed E-state index contributed by atoms with van der Waals surface area (Å²) in [4.78, 5) is 8.45. The second-order valence-corrected chi connectivity index (χ2v) is 6.79. The number of pyridine rings is 2. The first kappa shape index (κ1) is 23.0. The predicted octanol–water partition coefficient (Wildman–Crippen LogP) is 7.24. The van der Waals surface area contributed by atoms with Crippen molar-refractivity contribution in [1.82, 2.24) is 9.97 Å². The Hall–Kier alpha value is -2.26. The molecule has 0 spiro atoms. The van der Waals surface area contributed by atoms with Gasteiger partial charge in [0.2, 0.25) is 0 Å². The maximum absolute atomic E-state index is 12.6. The second-order valence-electron chi connectivity index (χ2n) is 5.52. The van der Waals surface area contributed by atoms with E-state index in [1.54, 1.807) is 23.9 Å². The highest BCUT2D eigenvalue weighted by Crippen LogP contribution is 2.31. The van der Waals surface area contributed by atoms with Crippen molar-refractivity contribution in [2.24, 2.45) is 0 Å². The van der Waals surface area contributed by atoms with Gasteiger partial charge in [0.15, 0.2) is 0 Å². The number of alkyl halides is 6. The fraction of sp³-hybridized carbons (Fsp3) is 0.158. The van der Waals surface area contributed by atoms with Crippen LogP contribution in [0.3, 0.4) is 0 Å². The van der Waals surface area contributed by atoms with Crippen LogP contribution < -0.4 is 0 Å². The standard InChI is InChI=1S/C13H10F3NS.C6H3ClF3N/c1-18-11-4-2-9(3-5-11)12-8-10(6-7-17-12)13(14,15)16;7-5-3-4(1-2-11-5)6(8,9)10/h2-8H,1H3;1-3H. The molecule has 3 rings (SSSR count). The van der Waals surface area contributed by atoms with Gasteiger partial charge in [-0.1, -0.05) is 23.7 Å². The lowest BCUT2D eigenvalue weighted by molar-refractivity contribution is -0.138. The maximum Gasteiger partial charge on any atom is 0.416 e. The van der Waals surface area contributed by atoms with Gasteiger partial charge in [-0.05, 0) is 42.7 Å². The largest absolute Gasteiger partial charge is 0.416 e. The molecule has 0 atom stereocenters. The van der Waals surface area contributed by atoms with Crippen LogP contribution in [0.15, 0.2) is 65.8 Å². The zero-order valence-corrected chi connectivity index (χ0v) is 16.3. The van der Waals surface area contributed by atoms with E-state index in [0.717, 1.165) is 35.4 Å². The van der Waals surface area contributed by atoms with E-state index in [2.05, 4.69) is 9.97 Å². The van der Waals surface area contributed by atoms with Crippen LogP contribution in [-0.2, 0) is 12.4 Å². The van der Waals surface area contributed by atoms with Crippen molar-refractivity contribution < 1.29 is 26.3 Å². The van der Waals surface area contributed by atoms with Crippen molar-refractivity contribution >= 4 is 23.4 Å². The SMILES string of the molecule is CSc1ccc(-c2cc(C(F)(F)F)ccn2)cc1.FC(F)(F)c1ccnc(Cl)c1. The van der Waals surface area contributed by atoms with Crippen LogP contribution in [0.2, 0.25) is 5.15 Å². The molecular formula is C19H13ClF6N2S. The van der Waals surface area contributed by atoms with Gasteiger partial charge in [0, 0.05) is 22.9 Å². The first-order valence-corrected chi connectivity index (χ1v) is 9.47. The third-order valence-corrected chi connectivity index (χ3v) is 4.48. The Kier molecular flexibility index (Phi) is 7.54. The lowest BCUT2D eigenvalue weighted by Gasteiger charge is -2.08. The molecule has 10 heteroatoms. The van der Waals surface area contributed by atoms with E-state index in [0.29, 0.717) is 11.3 Å². The summed E-state index contributed by atoms with van der Waals surface area (Å²) in [5.74, 6) is 0. The van der Waals surface area contributed by atoms with Crippen molar-refractivity contribution in [2.45, 2.75) is 17.2 Å². The van der Waals surface area contributed by atoms with E-state index in [1.807, 2.05) is 18.4 Å². The minimum atomic E-state index is -4.34.